The number of hydrogen-bond donors (Lipinski definition) is 0. The third-order valence-corrected chi connectivity index (χ3v) is 13.4. The highest BCUT2D eigenvalue weighted by Crippen LogP contribution is 2.60. The average molecular weight is 857 g/mol. The molecule has 0 aromatic heterocycles. The lowest BCUT2D eigenvalue weighted by molar-refractivity contribution is -0.172. The quantitative estimate of drug-likeness (QED) is 0.143. The summed E-state index contributed by atoms with van der Waals surface area (Å²) in [6.07, 6.45) is -4.63. The van der Waals surface area contributed by atoms with Crippen molar-refractivity contribution in [2.75, 3.05) is 0 Å². The molecule has 0 N–H and O–H groups in total. The summed E-state index contributed by atoms with van der Waals surface area (Å²) in [4.78, 5) is 0. The molecule has 0 fully saturated rings. The van der Waals surface area contributed by atoms with Crippen LogP contribution in [0.2, 0.25) is 0 Å². The van der Waals surface area contributed by atoms with E-state index in [0.29, 0.717) is 11.1 Å². The molecule has 11 rings (SSSR count). The van der Waals surface area contributed by atoms with Gasteiger partial charge < -0.3 is 0 Å². The maximum absolute atomic E-state index is 16.4. The van der Waals surface area contributed by atoms with Crippen molar-refractivity contribution in [2.24, 2.45) is 0 Å². The van der Waals surface area contributed by atoms with E-state index in [1.165, 1.54) is 6.92 Å². The zero-order valence-electron chi connectivity index (χ0n) is 36.2. The number of fused-ring (bicyclic) bond motifs is 3. The van der Waals surface area contributed by atoms with E-state index in [-0.39, 0.29) is 11.1 Å². The monoisotopic (exact) mass is 856 g/mol. The molecule has 10 aromatic carbocycles. The predicted octanol–water partition coefficient (Wildman–Crippen LogP) is 17.9. The summed E-state index contributed by atoms with van der Waals surface area (Å²) in [6, 6.07) is 81.4. The van der Waals surface area contributed by atoms with E-state index in [9.17, 15) is 0 Å². The van der Waals surface area contributed by atoms with Crippen molar-refractivity contribution in [3.63, 3.8) is 0 Å². The summed E-state index contributed by atoms with van der Waals surface area (Å²) in [5, 5.41) is 0. The second kappa shape index (κ2) is 16.5. The Kier molecular flexibility index (Phi) is 10.2. The molecule has 0 bridgehead atoms. The smallest absolute Gasteiger partial charge is 0.170 e. The number of rotatable bonds is 8. The largest absolute Gasteiger partial charge is 0.402 e. The Bertz CT molecular complexity index is 3130. The molecule has 0 unspecified atom stereocenters. The van der Waals surface area contributed by atoms with Crippen LogP contribution >= 0.6 is 0 Å². The minimum absolute atomic E-state index is 0.246. The van der Waals surface area contributed by atoms with Gasteiger partial charge in [-0.2, -0.15) is 13.2 Å². The van der Waals surface area contributed by atoms with Crippen molar-refractivity contribution in [3.05, 3.63) is 254 Å². The lowest BCUT2D eigenvalue weighted by Crippen LogP contribution is -2.39. The van der Waals surface area contributed by atoms with E-state index in [1.54, 1.807) is 0 Å². The molecule has 0 spiro atoms. The zero-order valence-corrected chi connectivity index (χ0v) is 36.2. The van der Waals surface area contributed by atoms with Crippen molar-refractivity contribution < 1.29 is 13.2 Å². The second-order valence-electron chi connectivity index (χ2n) is 17.3. The molecule has 66 heavy (non-hydrogen) atoms. The third-order valence-electron chi connectivity index (χ3n) is 13.4. The molecule has 0 heterocycles. The molecule has 1 aliphatic rings. The fourth-order valence-corrected chi connectivity index (χ4v) is 9.82. The zero-order chi connectivity index (χ0) is 44.8. The molecular formula is C63H43F3. The van der Waals surface area contributed by atoms with E-state index >= 15 is 13.2 Å². The maximum Gasteiger partial charge on any atom is 0.402 e. The van der Waals surface area contributed by atoms with Crippen LogP contribution in [0.25, 0.3) is 100 Å². The fourth-order valence-electron chi connectivity index (χ4n) is 9.82. The van der Waals surface area contributed by atoms with Gasteiger partial charge >= 0.3 is 6.18 Å². The fraction of sp³-hybridized carbons (Fsp3) is 0.0476. The molecule has 3 heteroatoms. The molecule has 10 aromatic rings. The number of halogens is 3. The van der Waals surface area contributed by atoms with Gasteiger partial charge in [0.2, 0.25) is 0 Å². The van der Waals surface area contributed by atoms with Crippen LogP contribution < -0.4 is 0 Å². The third kappa shape index (κ3) is 7.23. The van der Waals surface area contributed by atoms with Gasteiger partial charge in [0.05, 0.1) is 0 Å². The molecule has 0 radical (unpaired) electrons. The van der Waals surface area contributed by atoms with Crippen LogP contribution in [0.15, 0.2) is 243 Å². The van der Waals surface area contributed by atoms with E-state index in [0.717, 1.165) is 89.0 Å². The van der Waals surface area contributed by atoms with Gasteiger partial charge in [-0.05, 0) is 155 Å². The molecule has 316 valence electrons. The van der Waals surface area contributed by atoms with Crippen LogP contribution in [0.3, 0.4) is 0 Å². The van der Waals surface area contributed by atoms with Gasteiger partial charge in [0, 0.05) is 0 Å². The molecule has 0 atom stereocenters. The predicted molar refractivity (Wildman–Crippen MR) is 268 cm³/mol. The Morgan fingerprint density at radius 1 is 0.242 bits per heavy atom. The number of alkyl halides is 3. The van der Waals surface area contributed by atoms with E-state index in [2.05, 4.69) is 109 Å². The van der Waals surface area contributed by atoms with Gasteiger partial charge in [-0.1, -0.05) is 206 Å². The lowest BCUT2D eigenvalue weighted by atomic mass is 9.76. The van der Waals surface area contributed by atoms with E-state index in [1.807, 2.05) is 133 Å². The van der Waals surface area contributed by atoms with Gasteiger partial charge in [0.15, 0.2) is 0 Å². The maximum atomic E-state index is 16.4. The molecule has 0 saturated heterocycles. The molecule has 0 saturated carbocycles. The first-order valence-corrected chi connectivity index (χ1v) is 22.3. The average Bonchev–Trinajstić information content (AvgIpc) is 3.63. The summed E-state index contributed by atoms with van der Waals surface area (Å²) < 4.78 is 49.1. The first kappa shape index (κ1) is 40.7. The van der Waals surface area contributed by atoms with Crippen LogP contribution in [0.1, 0.15) is 18.1 Å². The Balaban J connectivity index is 1.16. The molecule has 0 aliphatic heterocycles. The van der Waals surface area contributed by atoms with Crippen molar-refractivity contribution in [1.29, 1.82) is 0 Å². The standard InChI is InChI=1S/C63H43F3/c1-62(63(64,65)66)60-40-56(48-32-28-46(29-33-48)42-16-6-2-7-17-42)54(52-26-14-24-50(36-52)44-20-10-4-11-21-44)38-58(60)59-39-55(53-27-15-25-51(37-53)45-22-12-5-13-23-45)57(41-61(59)62)49-34-30-47(31-35-49)43-18-8-3-9-19-43/h2-41H,1H3. The molecular weight excluding hydrogens is 814 g/mol. The van der Waals surface area contributed by atoms with Crippen LogP contribution in [-0.4, -0.2) is 6.18 Å². The first-order valence-electron chi connectivity index (χ1n) is 22.3. The van der Waals surface area contributed by atoms with Crippen molar-refractivity contribution in [2.45, 2.75) is 18.5 Å². The summed E-state index contributed by atoms with van der Waals surface area (Å²) >= 11 is 0. The van der Waals surface area contributed by atoms with Gasteiger partial charge in [-0.25, -0.2) is 0 Å². The van der Waals surface area contributed by atoms with Gasteiger partial charge in [-0.3, -0.25) is 0 Å². The van der Waals surface area contributed by atoms with Gasteiger partial charge in [-0.15, -0.1) is 0 Å². The number of hydrogen-bond acceptors (Lipinski definition) is 0. The minimum atomic E-state index is -4.63. The van der Waals surface area contributed by atoms with Crippen LogP contribution in [-0.2, 0) is 5.41 Å². The Labute approximate surface area is 384 Å². The molecule has 0 amide bonds. The highest BCUT2D eigenvalue weighted by molar-refractivity contribution is 5.98. The van der Waals surface area contributed by atoms with Crippen molar-refractivity contribution >= 4 is 0 Å². The first-order chi connectivity index (χ1) is 32.2. The van der Waals surface area contributed by atoms with E-state index in [4.69, 9.17) is 0 Å². The van der Waals surface area contributed by atoms with E-state index < -0.39 is 11.6 Å². The normalized spacial score (nSPS) is 12.7. The van der Waals surface area contributed by atoms with Crippen molar-refractivity contribution in [1.82, 2.24) is 0 Å². The molecule has 1 aliphatic carbocycles. The SMILES string of the molecule is CC1(C(F)(F)F)c2cc(-c3ccc(-c4ccccc4)cc3)c(-c3cccc(-c4ccccc4)c3)cc2-c2cc(-c3cccc(-c4ccccc4)c3)c(-c3ccc(-c4ccccc4)cc3)cc21. The second-order valence-corrected chi connectivity index (χ2v) is 17.3. The Hall–Kier alpha value is -8.01. The van der Waals surface area contributed by atoms with Gasteiger partial charge in [0.1, 0.15) is 5.41 Å². The minimum Gasteiger partial charge on any atom is -0.170 e. The number of benzene rings is 10. The highest BCUT2D eigenvalue weighted by atomic mass is 19.4. The van der Waals surface area contributed by atoms with Gasteiger partial charge in [0.25, 0.3) is 0 Å². The summed E-state index contributed by atoms with van der Waals surface area (Å²) in [5.41, 5.74) is 14.5. The van der Waals surface area contributed by atoms with Crippen molar-refractivity contribution in [3.8, 4) is 100 Å². The molecule has 0 nitrogen and oxygen atoms in total. The summed E-state index contributed by atoms with van der Waals surface area (Å²) in [6.45, 7) is 1.37. The Morgan fingerprint density at radius 2 is 0.500 bits per heavy atom. The Morgan fingerprint density at radius 3 is 0.833 bits per heavy atom. The van der Waals surface area contributed by atoms with Crippen LogP contribution in [0.4, 0.5) is 13.2 Å². The van der Waals surface area contributed by atoms with Crippen LogP contribution in [0.5, 0.6) is 0 Å². The highest BCUT2D eigenvalue weighted by Gasteiger charge is 2.58. The topological polar surface area (TPSA) is 0 Å². The van der Waals surface area contributed by atoms with Crippen LogP contribution in [0, 0.1) is 0 Å². The lowest BCUT2D eigenvalue weighted by Gasteiger charge is -2.31. The summed E-state index contributed by atoms with van der Waals surface area (Å²) in [5.74, 6) is 0. The summed E-state index contributed by atoms with van der Waals surface area (Å²) in [7, 11) is 0.